The van der Waals surface area contributed by atoms with Crippen LogP contribution >= 0.6 is 0 Å². The number of fused-ring (bicyclic) bond motifs is 1. The highest BCUT2D eigenvalue weighted by molar-refractivity contribution is 5.84. The Hall–Kier alpha value is -1.58. The Morgan fingerprint density at radius 2 is 1.73 bits per heavy atom. The van der Waals surface area contributed by atoms with Gasteiger partial charge in [-0.2, -0.15) is 0 Å². The van der Waals surface area contributed by atoms with Crippen LogP contribution in [-0.2, 0) is 6.61 Å². The number of likely N-dealkylation sites (tertiary alicyclic amines) is 1. The van der Waals surface area contributed by atoms with E-state index in [1.165, 1.54) is 32.4 Å². The number of hydrogen-bond acceptors (Lipinski definition) is 3. The summed E-state index contributed by atoms with van der Waals surface area (Å²) < 4.78 is 5.94. The van der Waals surface area contributed by atoms with Crippen molar-refractivity contribution in [1.29, 1.82) is 0 Å². The van der Waals surface area contributed by atoms with Crippen molar-refractivity contribution < 1.29 is 9.84 Å². The van der Waals surface area contributed by atoms with Gasteiger partial charge in [0.05, 0.1) is 13.2 Å². The minimum absolute atomic E-state index is 0.0201. The zero-order valence-electron chi connectivity index (χ0n) is 13.1. The van der Waals surface area contributed by atoms with Crippen LogP contribution < -0.4 is 4.74 Å². The Kier molecular flexibility index (Phi) is 5.30. The first-order valence-electron chi connectivity index (χ1n) is 8.34. The molecule has 1 aliphatic heterocycles. The molecular formula is C19H25NO2. The third-order valence-corrected chi connectivity index (χ3v) is 4.42. The topological polar surface area (TPSA) is 32.7 Å². The molecule has 0 spiro atoms. The van der Waals surface area contributed by atoms with E-state index in [1.807, 2.05) is 24.3 Å². The maximum absolute atomic E-state index is 9.55. The van der Waals surface area contributed by atoms with Gasteiger partial charge >= 0.3 is 0 Å². The van der Waals surface area contributed by atoms with Gasteiger partial charge in [0.1, 0.15) is 5.75 Å². The second-order valence-corrected chi connectivity index (χ2v) is 6.07. The predicted molar refractivity (Wildman–Crippen MR) is 90.3 cm³/mol. The maximum atomic E-state index is 9.55. The first-order valence-corrected chi connectivity index (χ1v) is 8.34. The van der Waals surface area contributed by atoms with E-state index in [4.69, 9.17) is 4.74 Å². The van der Waals surface area contributed by atoms with Gasteiger partial charge in [0.15, 0.2) is 0 Å². The van der Waals surface area contributed by atoms with Crippen LogP contribution in [0.2, 0.25) is 0 Å². The van der Waals surface area contributed by atoms with Gasteiger partial charge in [-0.3, -0.25) is 0 Å². The molecule has 3 nitrogen and oxygen atoms in total. The fourth-order valence-corrected chi connectivity index (χ4v) is 3.18. The Balaban J connectivity index is 1.58. The van der Waals surface area contributed by atoms with E-state index in [0.717, 1.165) is 35.1 Å². The van der Waals surface area contributed by atoms with Gasteiger partial charge in [-0.1, -0.05) is 30.7 Å². The van der Waals surface area contributed by atoms with Crippen LogP contribution in [0.3, 0.4) is 0 Å². The Morgan fingerprint density at radius 3 is 2.45 bits per heavy atom. The highest BCUT2D eigenvalue weighted by Gasteiger charge is 2.10. The molecule has 0 atom stereocenters. The van der Waals surface area contributed by atoms with Gasteiger partial charge < -0.3 is 14.7 Å². The molecular weight excluding hydrogens is 274 g/mol. The number of ether oxygens (including phenoxy) is 1. The monoisotopic (exact) mass is 299 g/mol. The van der Waals surface area contributed by atoms with E-state index in [-0.39, 0.29) is 6.61 Å². The molecule has 1 N–H and O–H groups in total. The van der Waals surface area contributed by atoms with Crippen molar-refractivity contribution in [2.24, 2.45) is 0 Å². The minimum Gasteiger partial charge on any atom is -0.493 e. The number of hydrogen-bond donors (Lipinski definition) is 1. The molecule has 2 aromatic rings. The van der Waals surface area contributed by atoms with E-state index >= 15 is 0 Å². The minimum atomic E-state index is 0.0201. The lowest BCUT2D eigenvalue weighted by atomic mass is 10.1. The van der Waals surface area contributed by atoms with Crippen LogP contribution in [0, 0.1) is 0 Å². The molecule has 3 heteroatoms. The van der Waals surface area contributed by atoms with Gasteiger partial charge in [-0.15, -0.1) is 0 Å². The summed E-state index contributed by atoms with van der Waals surface area (Å²) in [6.45, 7) is 4.31. The molecule has 0 saturated carbocycles. The number of benzene rings is 2. The van der Waals surface area contributed by atoms with Crippen LogP contribution in [-0.4, -0.2) is 36.2 Å². The first-order chi connectivity index (χ1) is 10.9. The molecule has 0 radical (unpaired) electrons. The van der Waals surface area contributed by atoms with Gasteiger partial charge in [0, 0.05) is 12.1 Å². The third-order valence-electron chi connectivity index (χ3n) is 4.42. The highest BCUT2D eigenvalue weighted by atomic mass is 16.5. The summed E-state index contributed by atoms with van der Waals surface area (Å²) in [5, 5.41) is 11.9. The molecule has 2 aromatic carbocycles. The highest BCUT2D eigenvalue weighted by Crippen LogP contribution is 2.26. The molecule has 22 heavy (non-hydrogen) atoms. The van der Waals surface area contributed by atoms with E-state index in [2.05, 4.69) is 17.0 Å². The van der Waals surface area contributed by atoms with Gasteiger partial charge in [0.25, 0.3) is 0 Å². The zero-order chi connectivity index (χ0) is 15.2. The van der Waals surface area contributed by atoms with Gasteiger partial charge in [-0.25, -0.2) is 0 Å². The standard InChI is InChI=1S/C19H25NO2/c21-15-18-13-16-7-2-3-8-17(16)14-19(18)22-12-6-11-20-9-4-1-5-10-20/h2-3,7-8,13-14,21H,1,4-6,9-12,15H2. The molecule has 118 valence electrons. The van der Waals surface area contributed by atoms with E-state index < -0.39 is 0 Å². The lowest BCUT2D eigenvalue weighted by Crippen LogP contribution is -2.31. The largest absolute Gasteiger partial charge is 0.493 e. The molecule has 3 rings (SSSR count). The summed E-state index contributed by atoms with van der Waals surface area (Å²) in [5.74, 6) is 0.819. The van der Waals surface area contributed by atoms with Crippen molar-refractivity contribution in [2.75, 3.05) is 26.2 Å². The zero-order valence-corrected chi connectivity index (χ0v) is 13.1. The maximum Gasteiger partial charge on any atom is 0.125 e. The number of nitrogens with zero attached hydrogens (tertiary/aromatic N) is 1. The number of rotatable bonds is 6. The van der Waals surface area contributed by atoms with Crippen molar-refractivity contribution >= 4 is 10.8 Å². The molecule has 0 unspecified atom stereocenters. The average molecular weight is 299 g/mol. The summed E-state index contributed by atoms with van der Waals surface area (Å²) in [6, 6.07) is 12.3. The van der Waals surface area contributed by atoms with Gasteiger partial charge in [-0.05, 0) is 55.3 Å². The smallest absolute Gasteiger partial charge is 0.125 e. The molecule has 1 heterocycles. The second kappa shape index (κ2) is 7.61. The van der Waals surface area contributed by atoms with Crippen molar-refractivity contribution in [3.05, 3.63) is 42.0 Å². The third kappa shape index (κ3) is 3.79. The molecule has 0 amide bonds. The van der Waals surface area contributed by atoms with E-state index in [0.29, 0.717) is 6.61 Å². The molecule has 0 aliphatic carbocycles. The summed E-state index contributed by atoms with van der Waals surface area (Å²) in [5.41, 5.74) is 0.872. The van der Waals surface area contributed by atoms with Crippen molar-refractivity contribution in [2.45, 2.75) is 32.3 Å². The van der Waals surface area contributed by atoms with Crippen LogP contribution in [0.4, 0.5) is 0 Å². The quantitative estimate of drug-likeness (QED) is 0.827. The Bertz CT molecular complexity index is 605. The van der Waals surface area contributed by atoms with Crippen LogP contribution in [0.15, 0.2) is 36.4 Å². The summed E-state index contributed by atoms with van der Waals surface area (Å²) in [7, 11) is 0. The molecule has 0 bridgehead atoms. The number of aliphatic hydroxyl groups is 1. The fourth-order valence-electron chi connectivity index (χ4n) is 3.18. The lowest BCUT2D eigenvalue weighted by molar-refractivity contribution is 0.202. The average Bonchev–Trinajstić information content (AvgIpc) is 2.59. The lowest BCUT2D eigenvalue weighted by Gasteiger charge is -2.26. The number of piperidine rings is 1. The molecule has 0 aromatic heterocycles. The normalized spacial score (nSPS) is 16.0. The molecule has 1 saturated heterocycles. The Morgan fingerprint density at radius 1 is 1.00 bits per heavy atom. The van der Waals surface area contributed by atoms with Crippen LogP contribution in [0.25, 0.3) is 10.8 Å². The number of aliphatic hydroxyl groups excluding tert-OH is 1. The molecule has 1 fully saturated rings. The summed E-state index contributed by atoms with van der Waals surface area (Å²) in [4.78, 5) is 2.53. The summed E-state index contributed by atoms with van der Waals surface area (Å²) >= 11 is 0. The van der Waals surface area contributed by atoms with Crippen LogP contribution in [0.5, 0.6) is 5.75 Å². The van der Waals surface area contributed by atoms with Crippen molar-refractivity contribution in [1.82, 2.24) is 4.90 Å². The predicted octanol–water partition coefficient (Wildman–Crippen LogP) is 3.59. The SMILES string of the molecule is OCc1cc2ccccc2cc1OCCCN1CCCCC1. The molecule has 1 aliphatic rings. The summed E-state index contributed by atoms with van der Waals surface area (Å²) in [6.07, 6.45) is 5.09. The first kappa shape index (κ1) is 15.3. The Labute approximate surface area is 132 Å². The second-order valence-electron chi connectivity index (χ2n) is 6.07. The fraction of sp³-hybridized carbons (Fsp3) is 0.474. The van der Waals surface area contributed by atoms with Crippen molar-refractivity contribution in [3.8, 4) is 5.75 Å². The van der Waals surface area contributed by atoms with Crippen LogP contribution in [0.1, 0.15) is 31.2 Å². The van der Waals surface area contributed by atoms with Crippen molar-refractivity contribution in [3.63, 3.8) is 0 Å². The van der Waals surface area contributed by atoms with E-state index in [1.54, 1.807) is 0 Å². The van der Waals surface area contributed by atoms with Gasteiger partial charge in [0.2, 0.25) is 0 Å². The van der Waals surface area contributed by atoms with E-state index in [9.17, 15) is 5.11 Å².